The summed E-state index contributed by atoms with van der Waals surface area (Å²) in [6, 6.07) is 4.38. The van der Waals surface area contributed by atoms with E-state index in [1.54, 1.807) is 0 Å². The molecule has 0 saturated heterocycles. The van der Waals surface area contributed by atoms with Crippen molar-refractivity contribution in [3.05, 3.63) is 34.4 Å². The van der Waals surface area contributed by atoms with Crippen LogP contribution in [-0.4, -0.2) is 4.92 Å². The van der Waals surface area contributed by atoms with E-state index in [0.717, 1.165) is 24.3 Å². The van der Waals surface area contributed by atoms with E-state index in [-0.39, 0.29) is 11.4 Å². The third kappa shape index (κ3) is 3.32. The van der Waals surface area contributed by atoms with Crippen molar-refractivity contribution in [3.63, 3.8) is 0 Å². The Bertz CT molecular complexity index is 389. The third-order valence-corrected chi connectivity index (χ3v) is 1.89. The fourth-order valence-corrected chi connectivity index (χ4v) is 1.36. The molecule has 1 unspecified atom stereocenters. The molecule has 0 N–H and O–H groups in total. The van der Waals surface area contributed by atoms with Crippen LogP contribution < -0.4 is 4.52 Å². The second-order valence-corrected chi connectivity index (χ2v) is 4.48. The number of non-ortho nitro benzene ring substituents is 1. The molecule has 1 rings (SSSR count). The number of halogens is 2. The molecule has 0 aromatic heterocycles. The molecule has 0 amide bonds. The van der Waals surface area contributed by atoms with E-state index in [4.69, 9.17) is 11.2 Å². The molecule has 0 saturated carbocycles. The lowest BCUT2D eigenvalue weighted by Crippen LogP contribution is -1.87. The Labute approximate surface area is 83.0 Å². The zero-order chi connectivity index (χ0) is 10.8. The average molecular weight is 240 g/mol. The van der Waals surface area contributed by atoms with Crippen LogP contribution in [0.5, 0.6) is 5.75 Å². The maximum Gasteiger partial charge on any atom is 0.514 e. The number of nitro groups is 1. The summed E-state index contributed by atoms with van der Waals surface area (Å²) < 4.78 is 26.8. The van der Waals surface area contributed by atoms with Crippen molar-refractivity contribution in [3.8, 4) is 5.75 Å². The topological polar surface area (TPSA) is 69.4 Å². The Morgan fingerprint density at radius 2 is 1.93 bits per heavy atom. The largest absolute Gasteiger partial charge is 0.514 e. The molecule has 1 aromatic carbocycles. The van der Waals surface area contributed by atoms with Crippen LogP contribution in [-0.2, 0) is 4.57 Å². The van der Waals surface area contributed by atoms with Crippen LogP contribution in [0.3, 0.4) is 0 Å². The highest BCUT2D eigenvalue weighted by atomic mass is 35.7. The smallest absolute Gasteiger partial charge is 0.410 e. The molecule has 5 nitrogen and oxygen atoms in total. The Morgan fingerprint density at radius 3 is 2.29 bits per heavy atom. The van der Waals surface area contributed by atoms with Crippen molar-refractivity contribution in [2.75, 3.05) is 0 Å². The molecule has 0 heterocycles. The Hall–Kier alpha value is -1.13. The molecule has 0 bridgehead atoms. The Kier molecular flexibility index (Phi) is 3.08. The van der Waals surface area contributed by atoms with E-state index in [0.29, 0.717) is 0 Å². The van der Waals surface area contributed by atoms with E-state index in [9.17, 15) is 18.9 Å². The first kappa shape index (κ1) is 10.9. The highest BCUT2D eigenvalue weighted by Gasteiger charge is 2.19. The van der Waals surface area contributed by atoms with Crippen molar-refractivity contribution < 1.29 is 18.2 Å². The van der Waals surface area contributed by atoms with E-state index < -0.39 is 12.0 Å². The lowest BCUT2D eigenvalue weighted by Gasteiger charge is -2.03. The molecule has 0 aliphatic heterocycles. The van der Waals surface area contributed by atoms with Crippen molar-refractivity contribution >= 4 is 24.0 Å². The fourth-order valence-electron chi connectivity index (χ4n) is 0.751. The molecule has 0 fully saturated rings. The Balaban J connectivity index is 2.84. The normalized spacial score (nSPS) is 14.4. The predicted octanol–water partition coefficient (Wildman–Crippen LogP) is 3.29. The minimum atomic E-state index is -4.62. The standard InChI is InChI=1S/C6H4ClFNO4P/c7-14(8,12)13-6-3-1-5(2-4-6)9(10)11/h1-4H. The van der Waals surface area contributed by atoms with Crippen LogP contribution in [0, 0.1) is 10.1 Å². The summed E-state index contributed by atoms with van der Waals surface area (Å²) in [6.07, 6.45) is 0. The molecule has 1 atom stereocenters. The van der Waals surface area contributed by atoms with Gasteiger partial charge in [0.15, 0.2) is 0 Å². The minimum absolute atomic E-state index is 0.128. The van der Waals surface area contributed by atoms with Gasteiger partial charge in [-0.25, -0.2) is 4.57 Å². The molecular weight excluding hydrogens is 235 g/mol. The number of nitrogens with zero attached hydrogens (tertiary/aromatic N) is 1. The Morgan fingerprint density at radius 1 is 1.43 bits per heavy atom. The summed E-state index contributed by atoms with van der Waals surface area (Å²) in [5.41, 5.74) is -0.180. The lowest BCUT2D eigenvalue weighted by atomic mass is 10.3. The van der Waals surface area contributed by atoms with Crippen LogP contribution in [0.1, 0.15) is 0 Å². The summed E-state index contributed by atoms with van der Waals surface area (Å²) in [5.74, 6) is -0.128. The first-order chi connectivity index (χ1) is 6.38. The molecular formula is C6H4ClFNO4P. The van der Waals surface area contributed by atoms with Gasteiger partial charge in [-0.1, -0.05) is 0 Å². The van der Waals surface area contributed by atoms with Crippen LogP contribution in [0.25, 0.3) is 0 Å². The average Bonchev–Trinajstić information content (AvgIpc) is 2.02. The predicted molar refractivity (Wildman–Crippen MR) is 48.3 cm³/mol. The van der Waals surface area contributed by atoms with E-state index in [2.05, 4.69) is 4.52 Å². The molecule has 76 valence electrons. The van der Waals surface area contributed by atoms with Gasteiger partial charge in [-0.2, -0.15) is 0 Å². The molecule has 0 spiro atoms. The van der Waals surface area contributed by atoms with Gasteiger partial charge >= 0.3 is 7.03 Å². The molecule has 0 radical (unpaired) electrons. The first-order valence-corrected chi connectivity index (χ1v) is 5.74. The zero-order valence-corrected chi connectivity index (χ0v) is 8.24. The van der Waals surface area contributed by atoms with Gasteiger partial charge in [0.1, 0.15) is 5.75 Å². The SMILES string of the molecule is O=[N+]([O-])c1ccc(OP(=O)(F)Cl)cc1. The number of hydrogen-bond acceptors (Lipinski definition) is 4. The van der Waals surface area contributed by atoms with Crippen molar-refractivity contribution in [2.45, 2.75) is 0 Å². The van der Waals surface area contributed by atoms with E-state index in [1.807, 2.05) is 0 Å². The third-order valence-electron chi connectivity index (χ3n) is 1.26. The van der Waals surface area contributed by atoms with E-state index >= 15 is 0 Å². The van der Waals surface area contributed by atoms with Gasteiger partial charge < -0.3 is 4.52 Å². The monoisotopic (exact) mass is 239 g/mol. The second-order valence-electron chi connectivity index (χ2n) is 2.26. The maximum absolute atomic E-state index is 12.3. The highest BCUT2D eigenvalue weighted by molar-refractivity contribution is 7.81. The first-order valence-electron chi connectivity index (χ1n) is 3.32. The van der Waals surface area contributed by atoms with Crippen LogP contribution >= 0.6 is 18.3 Å². The zero-order valence-electron chi connectivity index (χ0n) is 6.59. The summed E-state index contributed by atoms with van der Waals surface area (Å²) >= 11 is 4.70. The van der Waals surface area contributed by atoms with E-state index in [1.165, 1.54) is 0 Å². The molecule has 14 heavy (non-hydrogen) atoms. The summed E-state index contributed by atoms with van der Waals surface area (Å²) in [5, 5.41) is 10.2. The van der Waals surface area contributed by atoms with Gasteiger partial charge in [0.05, 0.1) is 4.92 Å². The lowest BCUT2D eigenvalue weighted by molar-refractivity contribution is -0.384. The van der Waals surface area contributed by atoms with Crippen molar-refractivity contribution in [1.82, 2.24) is 0 Å². The van der Waals surface area contributed by atoms with Gasteiger partial charge in [-0.15, -0.1) is 4.20 Å². The van der Waals surface area contributed by atoms with Crippen molar-refractivity contribution in [2.24, 2.45) is 0 Å². The number of hydrogen-bond donors (Lipinski definition) is 0. The van der Waals surface area contributed by atoms with Crippen LogP contribution in [0.4, 0.5) is 9.88 Å². The van der Waals surface area contributed by atoms with Crippen LogP contribution in [0.2, 0.25) is 0 Å². The minimum Gasteiger partial charge on any atom is -0.410 e. The van der Waals surface area contributed by atoms with Gasteiger partial charge in [0.25, 0.3) is 5.69 Å². The summed E-state index contributed by atoms with van der Waals surface area (Å²) in [4.78, 5) is 9.58. The number of benzene rings is 1. The maximum atomic E-state index is 12.3. The quantitative estimate of drug-likeness (QED) is 0.461. The molecule has 0 aliphatic rings. The van der Waals surface area contributed by atoms with Crippen LogP contribution in [0.15, 0.2) is 24.3 Å². The summed E-state index contributed by atoms with van der Waals surface area (Å²) in [6.45, 7) is 0. The van der Waals surface area contributed by atoms with Gasteiger partial charge in [0, 0.05) is 23.4 Å². The second kappa shape index (κ2) is 3.94. The molecule has 1 aromatic rings. The van der Waals surface area contributed by atoms with Gasteiger partial charge in [0.2, 0.25) is 0 Å². The number of nitro benzene ring substituents is 1. The fraction of sp³-hybridized carbons (Fsp3) is 0. The molecule has 0 aliphatic carbocycles. The molecule has 8 heteroatoms. The highest BCUT2D eigenvalue weighted by Crippen LogP contribution is 2.53. The number of rotatable bonds is 3. The van der Waals surface area contributed by atoms with Gasteiger partial charge in [-0.05, 0) is 12.1 Å². The summed E-state index contributed by atoms with van der Waals surface area (Å²) in [7, 11) is -4.62. The van der Waals surface area contributed by atoms with Gasteiger partial charge in [-0.3, -0.25) is 10.1 Å². The van der Waals surface area contributed by atoms with Crippen molar-refractivity contribution in [1.29, 1.82) is 0 Å².